The molecular formula is C14H22F2N2. The second kappa shape index (κ2) is 7.44. The highest BCUT2D eigenvalue weighted by Crippen LogP contribution is 2.21. The molecular weight excluding hydrogens is 234 g/mol. The number of unbranched alkanes of at least 4 members (excludes halogenated alkanes) is 2. The van der Waals surface area contributed by atoms with Crippen molar-refractivity contribution in [2.45, 2.75) is 32.2 Å². The molecule has 0 fully saturated rings. The Hall–Kier alpha value is -1.00. The highest BCUT2D eigenvalue weighted by Gasteiger charge is 2.16. The van der Waals surface area contributed by atoms with E-state index >= 15 is 0 Å². The van der Waals surface area contributed by atoms with Crippen LogP contribution in [0.3, 0.4) is 0 Å². The molecule has 0 saturated carbocycles. The molecule has 0 aromatic heterocycles. The molecule has 4 heteroatoms. The smallest absolute Gasteiger partial charge is 0.126 e. The molecule has 0 heterocycles. The van der Waals surface area contributed by atoms with Gasteiger partial charge in [0, 0.05) is 18.7 Å². The molecule has 1 unspecified atom stereocenters. The van der Waals surface area contributed by atoms with Crippen molar-refractivity contribution in [1.82, 2.24) is 4.90 Å². The average Bonchev–Trinajstić information content (AvgIpc) is 2.29. The van der Waals surface area contributed by atoms with Crippen LogP contribution in [-0.2, 0) is 0 Å². The van der Waals surface area contributed by atoms with E-state index in [9.17, 15) is 8.78 Å². The monoisotopic (exact) mass is 256 g/mol. The first-order chi connectivity index (χ1) is 8.58. The molecule has 0 saturated heterocycles. The van der Waals surface area contributed by atoms with Gasteiger partial charge in [-0.3, -0.25) is 4.90 Å². The number of likely N-dealkylation sites (N-methyl/N-ethyl adjacent to an activating group) is 1. The zero-order chi connectivity index (χ0) is 13.5. The second-order valence-electron chi connectivity index (χ2n) is 4.64. The van der Waals surface area contributed by atoms with E-state index in [1.54, 1.807) is 0 Å². The fourth-order valence-corrected chi connectivity index (χ4v) is 2.11. The van der Waals surface area contributed by atoms with Crippen LogP contribution in [0, 0.1) is 11.6 Å². The summed E-state index contributed by atoms with van der Waals surface area (Å²) in [5, 5.41) is 0. The van der Waals surface area contributed by atoms with Gasteiger partial charge in [-0.15, -0.1) is 0 Å². The van der Waals surface area contributed by atoms with Crippen LogP contribution in [0.25, 0.3) is 0 Å². The van der Waals surface area contributed by atoms with Gasteiger partial charge in [0.05, 0.1) is 0 Å². The van der Waals surface area contributed by atoms with Gasteiger partial charge in [-0.2, -0.15) is 0 Å². The first kappa shape index (κ1) is 15.1. The first-order valence-corrected chi connectivity index (χ1v) is 6.44. The van der Waals surface area contributed by atoms with Gasteiger partial charge in [0.1, 0.15) is 11.6 Å². The minimum absolute atomic E-state index is 0.132. The van der Waals surface area contributed by atoms with Crippen molar-refractivity contribution >= 4 is 0 Å². The summed E-state index contributed by atoms with van der Waals surface area (Å²) in [6.45, 7) is 3.38. The fraction of sp³-hybridized carbons (Fsp3) is 0.571. The Morgan fingerprint density at radius 2 is 1.78 bits per heavy atom. The van der Waals surface area contributed by atoms with Crippen molar-refractivity contribution in [3.63, 3.8) is 0 Å². The first-order valence-electron chi connectivity index (χ1n) is 6.44. The van der Waals surface area contributed by atoms with E-state index in [1.165, 1.54) is 12.1 Å². The van der Waals surface area contributed by atoms with Crippen molar-refractivity contribution in [2.24, 2.45) is 5.73 Å². The molecule has 1 aromatic rings. The van der Waals surface area contributed by atoms with Crippen LogP contribution in [0.15, 0.2) is 18.2 Å². The van der Waals surface area contributed by atoms with Gasteiger partial charge in [0.15, 0.2) is 0 Å². The maximum absolute atomic E-state index is 13.2. The Balaban J connectivity index is 2.74. The standard InChI is InChI=1S/C14H22F2N2/c1-3-4-5-6-18(2)14(10-17)11-7-12(15)9-13(16)8-11/h7-9,14H,3-6,10,17H2,1-2H3. The number of benzene rings is 1. The third-order valence-corrected chi connectivity index (χ3v) is 3.14. The van der Waals surface area contributed by atoms with E-state index in [4.69, 9.17) is 5.73 Å². The molecule has 0 bridgehead atoms. The molecule has 0 aliphatic carbocycles. The highest BCUT2D eigenvalue weighted by molar-refractivity contribution is 5.21. The van der Waals surface area contributed by atoms with Crippen molar-refractivity contribution in [3.8, 4) is 0 Å². The Kier molecular flexibility index (Phi) is 6.22. The Bertz CT molecular complexity index is 349. The predicted molar refractivity (Wildman–Crippen MR) is 70.3 cm³/mol. The van der Waals surface area contributed by atoms with Gasteiger partial charge in [0.2, 0.25) is 0 Å². The Morgan fingerprint density at radius 1 is 1.17 bits per heavy atom. The average molecular weight is 256 g/mol. The van der Waals surface area contributed by atoms with Crippen molar-refractivity contribution in [1.29, 1.82) is 0 Å². The van der Waals surface area contributed by atoms with E-state index in [2.05, 4.69) is 11.8 Å². The second-order valence-corrected chi connectivity index (χ2v) is 4.64. The normalized spacial score (nSPS) is 13.0. The number of hydrogen-bond acceptors (Lipinski definition) is 2. The summed E-state index contributed by atoms with van der Waals surface area (Å²) in [6, 6.07) is 3.47. The molecule has 102 valence electrons. The maximum atomic E-state index is 13.2. The van der Waals surface area contributed by atoms with Gasteiger partial charge in [-0.25, -0.2) is 8.78 Å². The van der Waals surface area contributed by atoms with Crippen LogP contribution in [0.4, 0.5) is 8.78 Å². The number of halogens is 2. The van der Waals surface area contributed by atoms with Gasteiger partial charge in [0.25, 0.3) is 0 Å². The van der Waals surface area contributed by atoms with E-state index in [1.807, 2.05) is 7.05 Å². The van der Waals surface area contributed by atoms with Gasteiger partial charge < -0.3 is 5.73 Å². The maximum Gasteiger partial charge on any atom is 0.126 e. The largest absolute Gasteiger partial charge is 0.329 e. The van der Waals surface area contributed by atoms with Crippen LogP contribution in [0.5, 0.6) is 0 Å². The lowest BCUT2D eigenvalue weighted by atomic mass is 10.0. The van der Waals surface area contributed by atoms with Crippen molar-refractivity contribution in [3.05, 3.63) is 35.4 Å². The van der Waals surface area contributed by atoms with Gasteiger partial charge in [-0.1, -0.05) is 19.8 Å². The minimum Gasteiger partial charge on any atom is -0.329 e. The Labute approximate surface area is 108 Å². The SMILES string of the molecule is CCCCCN(C)C(CN)c1cc(F)cc(F)c1. The molecule has 18 heavy (non-hydrogen) atoms. The molecule has 0 aliphatic heterocycles. The van der Waals surface area contributed by atoms with Crippen LogP contribution < -0.4 is 5.73 Å². The number of nitrogens with zero attached hydrogens (tertiary/aromatic N) is 1. The lowest BCUT2D eigenvalue weighted by molar-refractivity contribution is 0.244. The van der Waals surface area contributed by atoms with Crippen molar-refractivity contribution < 1.29 is 8.78 Å². The summed E-state index contributed by atoms with van der Waals surface area (Å²) >= 11 is 0. The number of hydrogen-bond donors (Lipinski definition) is 1. The number of nitrogens with two attached hydrogens (primary N) is 1. The molecule has 2 nitrogen and oxygen atoms in total. The fourth-order valence-electron chi connectivity index (χ4n) is 2.11. The molecule has 1 rings (SSSR count). The predicted octanol–water partition coefficient (Wildman–Crippen LogP) is 3.09. The third kappa shape index (κ3) is 4.35. The summed E-state index contributed by atoms with van der Waals surface area (Å²) in [5.74, 6) is -1.10. The molecule has 0 spiro atoms. The van der Waals surface area contributed by atoms with Crippen LogP contribution >= 0.6 is 0 Å². The van der Waals surface area contributed by atoms with Gasteiger partial charge in [-0.05, 0) is 37.7 Å². The third-order valence-electron chi connectivity index (χ3n) is 3.14. The topological polar surface area (TPSA) is 29.3 Å². The molecule has 1 aromatic carbocycles. The zero-order valence-corrected chi connectivity index (χ0v) is 11.1. The lowest BCUT2D eigenvalue weighted by Gasteiger charge is -2.27. The molecule has 1 atom stereocenters. The van der Waals surface area contributed by atoms with E-state index < -0.39 is 11.6 Å². The van der Waals surface area contributed by atoms with Gasteiger partial charge >= 0.3 is 0 Å². The molecule has 0 aliphatic rings. The summed E-state index contributed by atoms with van der Waals surface area (Å²) in [7, 11) is 1.94. The quantitative estimate of drug-likeness (QED) is 0.760. The Morgan fingerprint density at radius 3 is 2.28 bits per heavy atom. The van der Waals surface area contributed by atoms with Crippen LogP contribution in [0.1, 0.15) is 37.8 Å². The molecule has 2 N–H and O–H groups in total. The summed E-state index contributed by atoms with van der Waals surface area (Å²) < 4.78 is 26.4. The van der Waals surface area contributed by atoms with Crippen LogP contribution in [0.2, 0.25) is 0 Å². The lowest BCUT2D eigenvalue weighted by Crippen LogP contribution is -2.31. The zero-order valence-electron chi connectivity index (χ0n) is 11.1. The molecule has 0 amide bonds. The van der Waals surface area contributed by atoms with E-state index in [-0.39, 0.29) is 6.04 Å². The van der Waals surface area contributed by atoms with E-state index in [0.717, 1.165) is 31.9 Å². The highest BCUT2D eigenvalue weighted by atomic mass is 19.1. The van der Waals surface area contributed by atoms with E-state index in [0.29, 0.717) is 12.1 Å². The number of rotatable bonds is 7. The summed E-state index contributed by atoms with van der Waals surface area (Å²) in [6.07, 6.45) is 3.37. The van der Waals surface area contributed by atoms with Crippen molar-refractivity contribution in [2.75, 3.05) is 20.1 Å². The summed E-state index contributed by atoms with van der Waals surface area (Å²) in [4.78, 5) is 2.06. The summed E-state index contributed by atoms with van der Waals surface area (Å²) in [5.41, 5.74) is 6.33. The minimum atomic E-state index is -0.551. The molecule has 0 radical (unpaired) electrons. The van der Waals surface area contributed by atoms with Crippen LogP contribution in [-0.4, -0.2) is 25.0 Å².